The van der Waals surface area contributed by atoms with Crippen molar-refractivity contribution in [3.63, 3.8) is 0 Å². The summed E-state index contributed by atoms with van der Waals surface area (Å²) >= 11 is 0. The Hall–Kier alpha value is -2.09. The number of rotatable bonds is 1. The van der Waals surface area contributed by atoms with Gasteiger partial charge in [0, 0.05) is 18.6 Å². The maximum Gasteiger partial charge on any atom is 0.0929 e. The number of hydrogen-bond acceptors (Lipinski definition) is 1. The Morgan fingerprint density at radius 1 is 1.00 bits per heavy atom. The summed E-state index contributed by atoms with van der Waals surface area (Å²) in [6.45, 7) is 4.30. The lowest BCUT2D eigenvalue weighted by Gasteiger charge is -2.06. The van der Waals surface area contributed by atoms with Gasteiger partial charge in [0.25, 0.3) is 0 Å². The summed E-state index contributed by atoms with van der Waals surface area (Å²) in [6.07, 6.45) is 2.08. The first-order valence-corrected chi connectivity index (χ1v) is 6.15. The third-order valence-corrected chi connectivity index (χ3v) is 3.48. The van der Waals surface area contributed by atoms with Gasteiger partial charge < -0.3 is 0 Å². The molecule has 0 spiro atoms. The molecule has 0 aliphatic carbocycles. The van der Waals surface area contributed by atoms with Crippen molar-refractivity contribution in [1.82, 2.24) is 9.78 Å². The van der Waals surface area contributed by atoms with Gasteiger partial charge in [-0.25, -0.2) is 0 Å². The topological polar surface area (TPSA) is 17.8 Å². The Kier molecular flexibility index (Phi) is 2.44. The van der Waals surface area contributed by atoms with Crippen LogP contribution in [0.1, 0.15) is 11.1 Å². The minimum absolute atomic E-state index is 1.05. The predicted octanol–water partition coefficient (Wildman–Crippen LogP) is 3.86. The molecule has 0 N–H and O–H groups in total. The van der Waals surface area contributed by atoms with Crippen LogP contribution in [0.2, 0.25) is 0 Å². The molecule has 0 saturated carbocycles. The molecule has 3 rings (SSSR count). The molecule has 1 aromatic heterocycles. The minimum Gasteiger partial charge on any atom is -0.275 e. The van der Waals surface area contributed by atoms with Crippen molar-refractivity contribution in [3.8, 4) is 11.1 Å². The number of hydrogen-bond donors (Lipinski definition) is 0. The summed E-state index contributed by atoms with van der Waals surface area (Å²) < 4.78 is 1.87. The van der Waals surface area contributed by atoms with Crippen LogP contribution in [0.4, 0.5) is 0 Å². The van der Waals surface area contributed by atoms with Gasteiger partial charge in [0.1, 0.15) is 0 Å². The molecule has 2 aromatic carbocycles. The zero-order valence-corrected chi connectivity index (χ0v) is 10.9. The number of aryl methyl sites for hydroxylation is 3. The van der Waals surface area contributed by atoms with E-state index in [-0.39, 0.29) is 0 Å². The van der Waals surface area contributed by atoms with E-state index in [0.29, 0.717) is 0 Å². The molecule has 0 bridgehead atoms. The van der Waals surface area contributed by atoms with Crippen LogP contribution in [0.25, 0.3) is 22.0 Å². The standard InChI is InChI=1S/C16H16N2/c1-11-7-8-13(9-12(11)2)14-5-4-6-16-15(14)10-18(3)17-16/h4-10H,1-3H3. The first-order valence-electron chi connectivity index (χ1n) is 6.15. The predicted molar refractivity (Wildman–Crippen MR) is 75.6 cm³/mol. The second kappa shape index (κ2) is 3.98. The van der Waals surface area contributed by atoms with Gasteiger partial charge in [-0.3, -0.25) is 4.68 Å². The molecule has 0 fully saturated rings. The third-order valence-electron chi connectivity index (χ3n) is 3.48. The number of nitrogens with zero attached hydrogens (tertiary/aromatic N) is 2. The van der Waals surface area contributed by atoms with Crippen LogP contribution in [-0.2, 0) is 7.05 Å². The molecule has 0 amide bonds. The van der Waals surface area contributed by atoms with Crippen LogP contribution in [0, 0.1) is 13.8 Å². The largest absolute Gasteiger partial charge is 0.275 e. The highest BCUT2D eigenvalue weighted by Gasteiger charge is 2.07. The van der Waals surface area contributed by atoms with Crippen LogP contribution in [-0.4, -0.2) is 9.78 Å². The molecule has 0 unspecified atom stereocenters. The van der Waals surface area contributed by atoms with Gasteiger partial charge in [0.2, 0.25) is 0 Å². The fourth-order valence-electron chi connectivity index (χ4n) is 2.32. The van der Waals surface area contributed by atoms with Crippen LogP contribution < -0.4 is 0 Å². The van der Waals surface area contributed by atoms with Gasteiger partial charge in [0.15, 0.2) is 0 Å². The summed E-state index contributed by atoms with van der Waals surface area (Å²) in [5, 5.41) is 5.67. The van der Waals surface area contributed by atoms with E-state index in [2.05, 4.69) is 61.5 Å². The zero-order chi connectivity index (χ0) is 12.7. The average Bonchev–Trinajstić information content (AvgIpc) is 2.72. The molecule has 1 heterocycles. The molecule has 0 radical (unpaired) electrons. The molecule has 0 atom stereocenters. The molecule has 0 aliphatic heterocycles. The van der Waals surface area contributed by atoms with E-state index in [1.54, 1.807) is 0 Å². The SMILES string of the molecule is Cc1ccc(-c2cccc3nn(C)cc23)cc1C. The third kappa shape index (κ3) is 1.70. The molecule has 18 heavy (non-hydrogen) atoms. The molecule has 2 heteroatoms. The van der Waals surface area contributed by atoms with Crippen molar-refractivity contribution in [2.45, 2.75) is 13.8 Å². The Morgan fingerprint density at radius 2 is 1.83 bits per heavy atom. The molecular formula is C16H16N2. The highest BCUT2D eigenvalue weighted by atomic mass is 15.2. The number of fused-ring (bicyclic) bond motifs is 1. The summed E-state index contributed by atoms with van der Waals surface area (Å²) in [5.41, 5.74) is 6.22. The van der Waals surface area contributed by atoms with Crippen LogP contribution >= 0.6 is 0 Å². The highest BCUT2D eigenvalue weighted by Crippen LogP contribution is 2.29. The Morgan fingerprint density at radius 3 is 2.61 bits per heavy atom. The van der Waals surface area contributed by atoms with Crippen molar-refractivity contribution in [2.75, 3.05) is 0 Å². The van der Waals surface area contributed by atoms with Gasteiger partial charge in [-0.1, -0.05) is 30.3 Å². The second-order valence-corrected chi connectivity index (χ2v) is 4.84. The molecule has 3 aromatic rings. The highest BCUT2D eigenvalue weighted by molar-refractivity contribution is 5.94. The fraction of sp³-hybridized carbons (Fsp3) is 0.188. The summed E-state index contributed by atoms with van der Waals surface area (Å²) in [4.78, 5) is 0. The van der Waals surface area contributed by atoms with Gasteiger partial charge in [-0.2, -0.15) is 5.10 Å². The first-order chi connectivity index (χ1) is 8.65. The summed E-state index contributed by atoms with van der Waals surface area (Å²) in [6, 6.07) is 12.9. The Bertz CT molecular complexity index is 723. The van der Waals surface area contributed by atoms with Crippen LogP contribution in [0.15, 0.2) is 42.6 Å². The lowest BCUT2D eigenvalue weighted by Crippen LogP contribution is -1.84. The normalized spacial score (nSPS) is 11.1. The first kappa shape index (κ1) is 11.0. The Labute approximate surface area is 107 Å². The molecule has 2 nitrogen and oxygen atoms in total. The van der Waals surface area contributed by atoms with Gasteiger partial charge in [-0.15, -0.1) is 0 Å². The molecule has 0 saturated heterocycles. The second-order valence-electron chi connectivity index (χ2n) is 4.84. The van der Waals surface area contributed by atoms with E-state index in [1.165, 1.54) is 27.6 Å². The van der Waals surface area contributed by atoms with E-state index < -0.39 is 0 Å². The van der Waals surface area contributed by atoms with Gasteiger partial charge in [0.05, 0.1) is 5.52 Å². The fourth-order valence-corrected chi connectivity index (χ4v) is 2.32. The smallest absolute Gasteiger partial charge is 0.0929 e. The minimum atomic E-state index is 1.05. The van der Waals surface area contributed by atoms with E-state index in [4.69, 9.17) is 0 Å². The maximum absolute atomic E-state index is 4.46. The number of benzene rings is 2. The molecule has 90 valence electrons. The van der Waals surface area contributed by atoms with Crippen molar-refractivity contribution < 1.29 is 0 Å². The van der Waals surface area contributed by atoms with Crippen LogP contribution in [0.5, 0.6) is 0 Å². The van der Waals surface area contributed by atoms with E-state index in [0.717, 1.165) is 5.52 Å². The van der Waals surface area contributed by atoms with Gasteiger partial charge in [-0.05, 0) is 42.2 Å². The lowest BCUT2D eigenvalue weighted by atomic mass is 9.98. The summed E-state index contributed by atoms with van der Waals surface area (Å²) in [7, 11) is 1.96. The molecule has 0 aliphatic rings. The average molecular weight is 236 g/mol. The monoisotopic (exact) mass is 236 g/mol. The van der Waals surface area contributed by atoms with E-state index in [9.17, 15) is 0 Å². The maximum atomic E-state index is 4.46. The van der Waals surface area contributed by atoms with Crippen molar-refractivity contribution in [3.05, 3.63) is 53.7 Å². The van der Waals surface area contributed by atoms with Crippen molar-refractivity contribution >= 4 is 10.9 Å². The molecular weight excluding hydrogens is 220 g/mol. The van der Waals surface area contributed by atoms with E-state index >= 15 is 0 Å². The number of aromatic nitrogens is 2. The summed E-state index contributed by atoms with van der Waals surface area (Å²) in [5.74, 6) is 0. The lowest BCUT2D eigenvalue weighted by molar-refractivity contribution is 0.780. The Balaban J connectivity index is 2.27. The van der Waals surface area contributed by atoms with Crippen LogP contribution in [0.3, 0.4) is 0 Å². The van der Waals surface area contributed by atoms with Gasteiger partial charge >= 0.3 is 0 Å². The van der Waals surface area contributed by atoms with Crippen molar-refractivity contribution in [2.24, 2.45) is 7.05 Å². The zero-order valence-electron chi connectivity index (χ0n) is 10.9. The van der Waals surface area contributed by atoms with E-state index in [1.807, 2.05) is 11.7 Å². The quantitative estimate of drug-likeness (QED) is 0.627. The van der Waals surface area contributed by atoms with Crippen molar-refractivity contribution in [1.29, 1.82) is 0 Å².